The zero-order valence-corrected chi connectivity index (χ0v) is 12.1. The normalized spacial score (nSPS) is 10.8. The largest absolute Gasteiger partial charge is 0.493 e. The van der Waals surface area contributed by atoms with Crippen molar-refractivity contribution in [2.24, 2.45) is 5.41 Å². The first kappa shape index (κ1) is 15.4. The zero-order valence-electron chi connectivity index (χ0n) is 12.1. The summed E-state index contributed by atoms with van der Waals surface area (Å²) in [6.07, 6.45) is 3.56. The number of hydrogen-bond donors (Lipinski definition) is 0. The zero-order chi connectivity index (χ0) is 14.1. The van der Waals surface area contributed by atoms with Crippen LogP contribution in [-0.2, 0) is 0 Å². The molecule has 0 saturated heterocycles. The lowest BCUT2D eigenvalue weighted by Crippen LogP contribution is -2.17. The molecular formula is C16H23NO2. The van der Waals surface area contributed by atoms with E-state index in [-0.39, 0.29) is 5.41 Å². The Morgan fingerprint density at radius 3 is 2.32 bits per heavy atom. The van der Waals surface area contributed by atoms with Gasteiger partial charge in [-0.25, -0.2) is 0 Å². The van der Waals surface area contributed by atoms with E-state index in [4.69, 9.17) is 9.47 Å². The minimum absolute atomic E-state index is 0.190. The maximum Gasteiger partial charge on any atom is 0.161 e. The van der Waals surface area contributed by atoms with Crippen molar-refractivity contribution in [1.82, 2.24) is 0 Å². The Labute approximate surface area is 116 Å². The standard InChI is InChI=1S/C16H23NO2/c1-4-16(5-2,13-17)11-8-12-19-15-10-7-6-9-14(15)18-3/h6-7,9-10H,4-5,8,11-12H2,1-3H3. The van der Waals surface area contributed by atoms with Crippen molar-refractivity contribution < 1.29 is 9.47 Å². The smallest absolute Gasteiger partial charge is 0.161 e. The van der Waals surface area contributed by atoms with Crippen molar-refractivity contribution in [2.75, 3.05) is 13.7 Å². The molecule has 1 aromatic carbocycles. The second-order valence-corrected chi connectivity index (χ2v) is 4.70. The van der Waals surface area contributed by atoms with Crippen LogP contribution in [0.1, 0.15) is 39.5 Å². The van der Waals surface area contributed by atoms with Crippen LogP contribution in [0.4, 0.5) is 0 Å². The van der Waals surface area contributed by atoms with Crippen LogP contribution < -0.4 is 9.47 Å². The van der Waals surface area contributed by atoms with Crippen LogP contribution in [-0.4, -0.2) is 13.7 Å². The second-order valence-electron chi connectivity index (χ2n) is 4.70. The molecule has 0 radical (unpaired) electrons. The fourth-order valence-corrected chi connectivity index (χ4v) is 2.15. The summed E-state index contributed by atoms with van der Waals surface area (Å²) in [5.74, 6) is 1.51. The lowest BCUT2D eigenvalue weighted by atomic mass is 9.80. The quantitative estimate of drug-likeness (QED) is 0.659. The van der Waals surface area contributed by atoms with Crippen molar-refractivity contribution in [2.45, 2.75) is 39.5 Å². The van der Waals surface area contributed by atoms with Crippen LogP contribution in [0.25, 0.3) is 0 Å². The van der Waals surface area contributed by atoms with Crippen molar-refractivity contribution in [1.29, 1.82) is 5.26 Å². The van der Waals surface area contributed by atoms with Crippen LogP contribution in [0.5, 0.6) is 11.5 Å². The Morgan fingerprint density at radius 1 is 1.16 bits per heavy atom. The Kier molecular flexibility index (Phi) is 6.21. The molecule has 0 heterocycles. The molecule has 0 bridgehead atoms. The summed E-state index contributed by atoms with van der Waals surface area (Å²) < 4.78 is 11.0. The van der Waals surface area contributed by atoms with Crippen LogP contribution >= 0.6 is 0 Å². The lowest BCUT2D eigenvalue weighted by Gasteiger charge is -2.23. The number of nitrogens with zero attached hydrogens (tertiary/aromatic N) is 1. The van der Waals surface area contributed by atoms with Crippen molar-refractivity contribution >= 4 is 0 Å². The van der Waals surface area contributed by atoms with Gasteiger partial charge in [-0.05, 0) is 37.8 Å². The molecule has 0 amide bonds. The number of rotatable bonds is 8. The first-order valence-electron chi connectivity index (χ1n) is 6.88. The van der Waals surface area contributed by atoms with E-state index in [0.29, 0.717) is 6.61 Å². The van der Waals surface area contributed by atoms with E-state index in [9.17, 15) is 5.26 Å². The van der Waals surface area contributed by atoms with Crippen molar-refractivity contribution in [3.63, 3.8) is 0 Å². The Hall–Kier alpha value is -1.69. The maximum atomic E-state index is 9.26. The molecule has 1 aromatic rings. The molecule has 0 N–H and O–H groups in total. The topological polar surface area (TPSA) is 42.2 Å². The molecule has 0 aromatic heterocycles. The van der Waals surface area contributed by atoms with Gasteiger partial charge in [-0.1, -0.05) is 26.0 Å². The summed E-state index contributed by atoms with van der Waals surface area (Å²) >= 11 is 0. The predicted molar refractivity (Wildman–Crippen MR) is 76.4 cm³/mol. The molecular weight excluding hydrogens is 238 g/mol. The number of hydrogen-bond acceptors (Lipinski definition) is 3. The molecule has 3 heteroatoms. The number of methoxy groups -OCH3 is 1. The minimum Gasteiger partial charge on any atom is -0.493 e. The SMILES string of the molecule is CCC(C#N)(CC)CCCOc1ccccc1OC. The van der Waals surface area contributed by atoms with Crippen LogP contribution in [0.15, 0.2) is 24.3 Å². The summed E-state index contributed by atoms with van der Waals surface area (Å²) in [4.78, 5) is 0. The molecule has 1 rings (SSSR count). The van der Waals surface area contributed by atoms with Crippen molar-refractivity contribution in [3.05, 3.63) is 24.3 Å². The molecule has 3 nitrogen and oxygen atoms in total. The van der Waals surface area contributed by atoms with Gasteiger partial charge in [0.2, 0.25) is 0 Å². The van der Waals surface area contributed by atoms with E-state index in [2.05, 4.69) is 19.9 Å². The third-order valence-corrected chi connectivity index (χ3v) is 3.72. The fourth-order valence-electron chi connectivity index (χ4n) is 2.15. The highest BCUT2D eigenvalue weighted by molar-refractivity contribution is 5.39. The van der Waals surface area contributed by atoms with Gasteiger partial charge >= 0.3 is 0 Å². The minimum atomic E-state index is -0.190. The highest BCUT2D eigenvalue weighted by Crippen LogP contribution is 2.31. The summed E-state index contributed by atoms with van der Waals surface area (Å²) in [6.45, 7) is 4.77. The van der Waals surface area contributed by atoms with E-state index < -0.39 is 0 Å². The van der Waals surface area contributed by atoms with Gasteiger partial charge in [0.1, 0.15) is 0 Å². The lowest BCUT2D eigenvalue weighted by molar-refractivity contribution is 0.250. The Balaban J connectivity index is 2.45. The summed E-state index contributed by atoms with van der Waals surface area (Å²) in [5, 5.41) is 9.26. The number of ether oxygens (including phenoxy) is 2. The monoisotopic (exact) mass is 261 g/mol. The fraction of sp³-hybridized carbons (Fsp3) is 0.562. The van der Waals surface area contributed by atoms with Gasteiger partial charge in [-0.15, -0.1) is 0 Å². The molecule has 0 fully saturated rings. The summed E-state index contributed by atoms with van der Waals surface area (Å²) in [5.41, 5.74) is -0.190. The molecule has 19 heavy (non-hydrogen) atoms. The maximum absolute atomic E-state index is 9.26. The molecule has 0 aliphatic carbocycles. The van der Waals surface area contributed by atoms with Gasteiger partial charge < -0.3 is 9.47 Å². The van der Waals surface area contributed by atoms with E-state index in [1.165, 1.54) is 0 Å². The van der Waals surface area contributed by atoms with Crippen LogP contribution in [0, 0.1) is 16.7 Å². The Morgan fingerprint density at radius 2 is 1.79 bits per heavy atom. The first-order valence-corrected chi connectivity index (χ1v) is 6.88. The molecule has 0 aliphatic rings. The number of benzene rings is 1. The van der Waals surface area contributed by atoms with E-state index in [1.54, 1.807) is 7.11 Å². The van der Waals surface area contributed by atoms with Gasteiger partial charge in [0.25, 0.3) is 0 Å². The Bertz CT molecular complexity index is 419. The number of nitriles is 1. The predicted octanol–water partition coefficient (Wildman–Crippen LogP) is 4.18. The highest BCUT2D eigenvalue weighted by Gasteiger charge is 2.24. The molecule has 0 aliphatic heterocycles. The van der Waals surface area contributed by atoms with Gasteiger partial charge in [-0.3, -0.25) is 0 Å². The van der Waals surface area contributed by atoms with E-state index in [0.717, 1.165) is 37.2 Å². The summed E-state index contributed by atoms with van der Waals surface area (Å²) in [6, 6.07) is 10.1. The molecule has 104 valence electrons. The van der Waals surface area contributed by atoms with Crippen LogP contribution in [0.3, 0.4) is 0 Å². The second kappa shape index (κ2) is 7.68. The third kappa shape index (κ3) is 4.17. The van der Waals surface area contributed by atoms with Crippen LogP contribution in [0.2, 0.25) is 0 Å². The first-order chi connectivity index (χ1) is 9.21. The summed E-state index contributed by atoms with van der Waals surface area (Å²) in [7, 11) is 1.64. The van der Waals surface area contributed by atoms with Gasteiger partial charge in [0, 0.05) is 0 Å². The highest BCUT2D eigenvalue weighted by atomic mass is 16.5. The number of para-hydroxylation sites is 2. The molecule has 0 atom stereocenters. The molecule has 0 spiro atoms. The average molecular weight is 261 g/mol. The van der Waals surface area contributed by atoms with E-state index >= 15 is 0 Å². The molecule has 0 saturated carbocycles. The molecule has 0 unspecified atom stereocenters. The van der Waals surface area contributed by atoms with Crippen molar-refractivity contribution in [3.8, 4) is 17.6 Å². The average Bonchev–Trinajstić information content (AvgIpc) is 2.48. The van der Waals surface area contributed by atoms with Gasteiger partial charge in [0.15, 0.2) is 11.5 Å². The van der Waals surface area contributed by atoms with Gasteiger partial charge in [0.05, 0.1) is 25.2 Å². The van der Waals surface area contributed by atoms with Gasteiger partial charge in [-0.2, -0.15) is 5.26 Å². The van der Waals surface area contributed by atoms with E-state index in [1.807, 2.05) is 24.3 Å². The third-order valence-electron chi connectivity index (χ3n) is 3.72.